The number of urea groups is 1. The molecule has 8 rings (SSSR count). The topological polar surface area (TPSA) is 127 Å². The second-order valence-electron chi connectivity index (χ2n) is 13.8. The number of piperazine rings is 1. The van der Waals surface area contributed by atoms with Crippen molar-refractivity contribution in [2.75, 3.05) is 13.1 Å². The van der Waals surface area contributed by atoms with Gasteiger partial charge in [-0.2, -0.15) is 5.01 Å². The highest BCUT2D eigenvalue weighted by molar-refractivity contribution is 14.1. The highest BCUT2D eigenvalue weighted by Gasteiger charge is 2.51. The number of carbonyl (C=O) groups excluding carboxylic acids is 3. The number of phenolic OH excluding ortho intramolecular Hbond substituents is 1. The zero-order valence-corrected chi connectivity index (χ0v) is 32.1. The van der Waals surface area contributed by atoms with Gasteiger partial charge in [0.15, 0.2) is 0 Å². The molecule has 0 radical (unpaired) electrons. The van der Waals surface area contributed by atoms with Crippen molar-refractivity contribution in [1.29, 1.82) is 0 Å². The van der Waals surface area contributed by atoms with E-state index in [1.807, 2.05) is 103 Å². The molecule has 0 bridgehead atoms. The Morgan fingerprint density at radius 3 is 2.35 bits per heavy atom. The van der Waals surface area contributed by atoms with Crippen LogP contribution in [0.5, 0.6) is 5.75 Å². The molecule has 2 aliphatic heterocycles. The molecule has 2 aliphatic rings. The van der Waals surface area contributed by atoms with Crippen molar-refractivity contribution < 1.29 is 19.5 Å². The number of hydrazine groups is 1. The first kappa shape index (κ1) is 36.2. The highest BCUT2D eigenvalue weighted by atomic mass is 127. The lowest BCUT2D eigenvalue weighted by Gasteiger charge is -2.55. The standard InChI is InChI=1S/C42H39IN8O4/c43-37-16-7-5-12-33(37)24-48-25-34(45-46-48)26-49-28-40(53)50-38(21-29-17-19-35(52)20-18-29)41(54)47(23-32-14-8-13-31-11-4-6-15-36(31)32)27-39(50)51(49)42(55)44-22-30-9-2-1-3-10-30/h1-20,25,38-39,52H,21-24,26-28H2,(H,44,55)/t38-,39-/m0/s1. The number of carbonyl (C=O) groups is 3. The van der Waals surface area contributed by atoms with E-state index in [0.717, 1.165) is 36.6 Å². The molecule has 0 unspecified atom stereocenters. The molecule has 278 valence electrons. The molecule has 4 amide bonds. The molecule has 13 heteroatoms. The Kier molecular flexibility index (Phi) is 10.5. The number of aromatic hydroxyl groups is 1. The van der Waals surface area contributed by atoms with Crippen molar-refractivity contribution in [2.45, 2.75) is 44.8 Å². The maximum absolute atomic E-state index is 14.6. The zero-order chi connectivity index (χ0) is 37.9. The second-order valence-corrected chi connectivity index (χ2v) is 15.0. The minimum atomic E-state index is -0.897. The Morgan fingerprint density at radius 1 is 0.800 bits per heavy atom. The van der Waals surface area contributed by atoms with Crippen molar-refractivity contribution >= 4 is 51.2 Å². The first-order chi connectivity index (χ1) is 26.8. The Morgan fingerprint density at radius 2 is 1.53 bits per heavy atom. The van der Waals surface area contributed by atoms with Crippen LogP contribution in [-0.2, 0) is 42.2 Å². The van der Waals surface area contributed by atoms with E-state index in [4.69, 9.17) is 0 Å². The van der Waals surface area contributed by atoms with Gasteiger partial charge >= 0.3 is 6.03 Å². The third kappa shape index (κ3) is 7.89. The Hall–Kier alpha value is -5.80. The summed E-state index contributed by atoms with van der Waals surface area (Å²) in [5.74, 6) is -0.372. The lowest BCUT2D eigenvalue weighted by Crippen LogP contribution is -2.76. The van der Waals surface area contributed by atoms with Crippen molar-refractivity contribution in [3.63, 3.8) is 0 Å². The van der Waals surface area contributed by atoms with Crippen molar-refractivity contribution in [1.82, 2.24) is 40.1 Å². The Bertz CT molecular complexity index is 2330. The fourth-order valence-corrected chi connectivity index (χ4v) is 8.05. The summed E-state index contributed by atoms with van der Waals surface area (Å²) in [7, 11) is 0. The maximum atomic E-state index is 14.6. The van der Waals surface area contributed by atoms with Crippen LogP contribution in [0, 0.1) is 3.57 Å². The first-order valence-corrected chi connectivity index (χ1v) is 19.2. The third-order valence-corrected chi connectivity index (χ3v) is 11.2. The van der Waals surface area contributed by atoms with Crippen LogP contribution >= 0.6 is 22.6 Å². The lowest BCUT2D eigenvalue weighted by molar-refractivity contribution is -0.192. The number of benzene rings is 5. The predicted molar refractivity (Wildman–Crippen MR) is 215 cm³/mol. The van der Waals surface area contributed by atoms with Crippen LogP contribution in [0.2, 0.25) is 0 Å². The van der Waals surface area contributed by atoms with Gasteiger partial charge in [0.1, 0.15) is 18.0 Å². The van der Waals surface area contributed by atoms with Crippen LogP contribution < -0.4 is 5.32 Å². The fraction of sp³-hybridized carbons (Fsp3) is 0.214. The van der Waals surface area contributed by atoms with Crippen LogP contribution in [0.1, 0.15) is 27.9 Å². The van der Waals surface area contributed by atoms with Gasteiger partial charge in [0.05, 0.1) is 38.1 Å². The van der Waals surface area contributed by atoms with E-state index in [-0.39, 0.29) is 56.7 Å². The SMILES string of the molecule is O=C1[C@H](Cc2ccc(O)cc2)N2C(=O)CN(Cc3cn(Cc4ccccc4I)nn3)N(C(=O)NCc3ccccc3)[C@H]2CN1Cc1cccc2ccccc12. The number of nitrogens with one attached hydrogen (secondary N) is 1. The number of fused-ring (bicyclic) bond motifs is 2. The lowest BCUT2D eigenvalue weighted by atomic mass is 9.97. The Balaban J connectivity index is 1.15. The van der Waals surface area contributed by atoms with Gasteiger partial charge in [-0.1, -0.05) is 108 Å². The van der Waals surface area contributed by atoms with Gasteiger partial charge in [0.25, 0.3) is 0 Å². The molecule has 2 fully saturated rings. The zero-order valence-electron chi connectivity index (χ0n) is 29.9. The van der Waals surface area contributed by atoms with E-state index in [9.17, 15) is 19.5 Å². The molecule has 0 spiro atoms. The van der Waals surface area contributed by atoms with Crippen molar-refractivity contribution in [3.8, 4) is 5.75 Å². The summed E-state index contributed by atoms with van der Waals surface area (Å²) in [4.78, 5) is 46.8. The molecule has 2 N–H and O–H groups in total. The van der Waals surface area contributed by atoms with Crippen LogP contribution in [0.25, 0.3) is 10.8 Å². The van der Waals surface area contributed by atoms with E-state index >= 15 is 0 Å². The molecule has 1 aromatic heterocycles. The Labute approximate surface area is 332 Å². The number of nitrogens with zero attached hydrogens (tertiary/aromatic N) is 7. The average molecular weight is 847 g/mol. The molecular formula is C42H39IN8O4. The minimum Gasteiger partial charge on any atom is -0.508 e. The predicted octanol–water partition coefficient (Wildman–Crippen LogP) is 5.54. The summed E-state index contributed by atoms with van der Waals surface area (Å²) in [5, 5.41) is 27.3. The highest BCUT2D eigenvalue weighted by Crippen LogP contribution is 2.31. The summed E-state index contributed by atoms with van der Waals surface area (Å²) in [6.07, 6.45) is 1.22. The van der Waals surface area contributed by atoms with E-state index in [2.05, 4.69) is 38.2 Å². The van der Waals surface area contributed by atoms with E-state index in [0.29, 0.717) is 12.2 Å². The summed E-state index contributed by atoms with van der Waals surface area (Å²) >= 11 is 2.30. The van der Waals surface area contributed by atoms with Gasteiger partial charge in [-0.3, -0.25) is 9.59 Å². The van der Waals surface area contributed by atoms with Crippen molar-refractivity contribution in [3.05, 3.63) is 159 Å². The number of phenols is 1. The quantitative estimate of drug-likeness (QED) is 0.174. The van der Waals surface area contributed by atoms with Gasteiger partial charge in [0, 0.05) is 23.1 Å². The van der Waals surface area contributed by atoms with E-state index in [1.165, 1.54) is 0 Å². The molecule has 6 aromatic rings. The number of hydrogen-bond acceptors (Lipinski definition) is 7. The van der Waals surface area contributed by atoms with Gasteiger partial charge < -0.3 is 20.2 Å². The molecule has 0 aliphatic carbocycles. The molecule has 5 aromatic carbocycles. The molecule has 12 nitrogen and oxygen atoms in total. The fourth-order valence-electron chi connectivity index (χ4n) is 7.50. The smallest absolute Gasteiger partial charge is 0.334 e. The van der Waals surface area contributed by atoms with Crippen LogP contribution in [0.4, 0.5) is 4.79 Å². The van der Waals surface area contributed by atoms with Gasteiger partial charge in [-0.25, -0.2) is 14.5 Å². The van der Waals surface area contributed by atoms with E-state index < -0.39 is 18.2 Å². The molecule has 0 saturated carbocycles. The van der Waals surface area contributed by atoms with Crippen molar-refractivity contribution in [2.24, 2.45) is 0 Å². The monoisotopic (exact) mass is 846 g/mol. The maximum Gasteiger partial charge on any atom is 0.334 e. The van der Waals surface area contributed by atoms with Gasteiger partial charge in [-0.05, 0) is 73.8 Å². The molecule has 3 heterocycles. The number of amides is 4. The minimum absolute atomic E-state index is 0.0915. The van der Waals surface area contributed by atoms with Gasteiger partial charge in [-0.15, -0.1) is 5.10 Å². The number of halogens is 1. The largest absolute Gasteiger partial charge is 0.508 e. The van der Waals surface area contributed by atoms with Crippen LogP contribution in [-0.4, -0.2) is 83.1 Å². The third-order valence-electron chi connectivity index (χ3n) is 10.2. The normalized spacial score (nSPS) is 17.4. The van der Waals surface area contributed by atoms with Gasteiger partial charge in [0.2, 0.25) is 11.8 Å². The molecule has 2 atom stereocenters. The summed E-state index contributed by atoms with van der Waals surface area (Å²) < 4.78 is 2.87. The van der Waals surface area contributed by atoms with E-state index in [1.54, 1.807) is 48.8 Å². The summed E-state index contributed by atoms with van der Waals surface area (Å²) in [6.45, 7) is 1.16. The number of aromatic nitrogens is 3. The first-order valence-electron chi connectivity index (χ1n) is 18.1. The summed E-state index contributed by atoms with van der Waals surface area (Å²) in [5.41, 5.74) is 4.36. The molecule has 55 heavy (non-hydrogen) atoms. The molecular weight excluding hydrogens is 807 g/mol. The number of rotatable bonds is 10. The van der Waals surface area contributed by atoms with Crippen LogP contribution in [0.3, 0.4) is 0 Å². The second kappa shape index (κ2) is 15.9. The molecule has 2 saturated heterocycles. The average Bonchev–Trinajstić information content (AvgIpc) is 3.64. The number of hydrogen-bond donors (Lipinski definition) is 2. The summed E-state index contributed by atoms with van der Waals surface area (Å²) in [6, 6.07) is 37.1. The van der Waals surface area contributed by atoms with Crippen LogP contribution in [0.15, 0.2) is 128 Å².